The second kappa shape index (κ2) is 5.57. The van der Waals surface area contributed by atoms with Crippen molar-refractivity contribution < 1.29 is 4.92 Å². The zero-order valence-corrected chi connectivity index (χ0v) is 11.7. The monoisotopic (exact) mass is 284 g/mol. The van der Waals surface area contributed by atoms with Gasteiger partial charge >= 0.3 is 0 Å². The molecule has 1 aliphatic carbocycles. The van der Waals surface area contributed by atoms with Gasteiger partial charge < -0.3 is 5.32 Å². The molecule has 0 bridgehead atoms. The van der Waals surface area contributed by atoms with Crippen LogP contribution >= 0.6 is 0 Å². The largest absolute Gasteiger partial charge is 0.313 e. The van der Waals surface area contributed by atoms with Gasteiger partial charge in [-0.1, -0.05) is 12.1 Å². The number of nitrogens with zero attached hydrogens (tertiary/aromatic N) is 3. The molecular weight excluding hydrogens is 268 g/mol. The molecule has 1 aliphatic rings. The highest BCUT2D eigenvalue weighted by Crippen LogP contribution is 2.31. The van der Waals surface area contributed by atoms with E-state index in [4.69, 9.17) is 0 Å². The maximum atomic E-state index is 11.1. The van der Waals surface area contributed by atoms with Gasteiger partial charge in [0.2, 0.25) is 0 Å². The van der Waals surface area contributed by atoms with Crippen LogP contribution < -0.4 is 5.32 Å². The second-order valence-electron chi connectivity index (χ2n) is 5.10. The first kappa shape index (κ1) is 13.6. The summed E-state index contributed by atoms with van der Waals surface area (Å²) in [5.41, 5.74) is 2.60. The van der Waals surface area contributed by atoms with E-state index >= 15 is 0 Å². The molecule has 108 valence electrons. The molecule has 0 fully saturated rings. The van der Waals surface area contributed by atoms with E-state index in [1.165, 1.54) is 6.07 Å². The van der Waals surface area contributed by atoms with Gasteiger partial charge in [-0.25, -0.2) is 9.97 Å². The molecule has 1 aromatic carbocycles. The first-order valence-corrected chi connectivity index (χ1v) is 6.97. The maximum Gasteiger partial charge on any atom is 0.280 e. The van der Waals surface area contributed by atoms with Crippen molar-refractivity contribution in [3.8, 4) is 11.4 Å². The van der Waals surface area contributed by atoms with E-state index in [0.717, 1.165) is 30.5 Å². The Morgan fingerprint density at radius 3 is 2.95 bits per heavy atom. The van der Waals surface area contributed by atoms with E-state index in [2.05, 4.69) is 15.3 Å². The van der Waals surface area contributed by atoms with Crippen LogP contribution in [0.15, 0.2) is 30.5 Å². The lowest BCUT2D eigenvalue weighted by Crippen LogP contribution is -2.22. The normalized spacial score (nSPS) is 17.3. The Morgan fingerprint density at radius 2 is 2.19 bits per heavy atom. The first-order valence-electron chi connectivity index (χ1n) is 6.97. The van der Waals surface area contributed by atoms with Crippen LogP contribution in [0, 0.1) is 10.1 Å². The van der Waals surface area contributed by atoms with E-state index < -0.39 is 4.92 Å². The molecule has 0 amide bonds. The van der Waals surface area contributed by atoms with Crippen molar-refractivity contribution in [3.63, 3.8) is 0 Å². The van der Waals surface area contributed by atoms with Crippen LogP contribution in [0.3, 0.4) is 0 Å². The van der Waals surface area contributed by atoms with Gasteiger partial charge in [0, 0.05) is 29.6 Å². The molecule has 6 heteroatoms. The molecule has 0 saturated carbocycles. The third-order valence-electron chi connectivity index (χ3n) is 3.87. The quantitative estimate of drug-likeness (QED) is 0.692. The number of nitro benzene ring substituents is 1. The zero-order valence-electron chi connectivity index (χ0n) is 11.7. The van der Waals surface area contributed by atoms with E-state index in [0.29, 0.717) is 11.4 Å². The highest BCUT2D eigenvalue weighted by Gasteiger charge is 2.23. The SMILES string of the molecule is CNC1CCCc2nc(-c3ccccc3[N+](=O)[O-])ncc21. The highest BCUT2D eigenvalue weighted by atomic mass is 16.6. The van der Waals surface area contributed by atoms with Gasteiger partial charge in [-0.2, -0.15) is 0 Å². The van der Waals surface area contributed by atoms with Crippen molar-refractivity contribution in [2.75, 3.05) is 7.05 Å². The number of hydrogen-bond donors (Lipinski definition) is 1. The summed E-state index contributed by atoms with van der Waals surface area (Å²) in [7, 11) is 1.93. The number of rotatable bonds is 3. The second-order valence-corrected chi connectivity index (χ2v) is 5.10. The standard InChI is InChI=1S/C15H16N4O2/c1-16-12-6-4-7-13-11(12)9-17-15(18-13)10-5-2-3-8-14(10)19(20)21/h2-3,5,8-9,12,16H,4,6-7H2,1H3. The fraction of sp³-hybridized carbons (Fsp3) is 0.333. The Morgan fingerprint density at radius 1 is 1.38 bits per heavy atom. The molecule has 3 rings (SSSR count). The smallest absolute Gasteiger partial charge is 0.280 e. The van der Waals surface area contributed by atoms with Gasteiger partial charge in [-0.05, 0) is 32.4 Å². The van der Waals surface area contributed by atoms with Gasteiger partial charge in [0.05, 0.1) is 10.5 Å². The summed E-state index contributed by atoms with van der Waals surface area (Å²) < 4.78 is 0. The van der Waals surface area contributed by atoms with E-state index in [-0.39, 0.29) is 11.7 Å². The highest BCUT2D eigenvalue weighted by molar-refractivity contribution is 5.67. The van der Waals surface area contributed by atoms with Gasteiger partial charge in [-0.15, -0.1) is 0 Å². The number of fused-ring (bicyclic) bond motifs is 1. The van der Waals surface area contributed by atoms with E-state index in [1.807, 2.05) is 7.05 Å². The maximum absolute atomic E-state index is 11.1. The van der Waals surface area contributed by atoms with Crippen LogP contribution in [0.4, 0.5) is 5.69 Å². The molecule has 1 atom stereocenters. The summed E-state index contributed by atoms with van der Waals surface area (Å²) in [6, 6.07) is 6.86. The van der Waals surface area contributed by atoms with Crippen molar-refractivity contribution >= 4 is 5.69 Å². The summed E-state index contributed by atoms with van der Waals surface area (Å²) in [4.78, 5) is 19.6. The van der Waals surface area contributed by atoms with Crippen LogP contribution in [-0.4, -0.2) is 21.9 Å². The van der Waals surface area contributed by atoms with Crippen molar-refractivity contribution in [1.29, 1.82) is 0 Å². The third kappa shape index (κ3) is 2.50. The minimum atomic E-state index is -0.394. The molecule has 0 aliphatic heterocycles. The van der Waals surface area contributed by atoms with Crippen molar-refractivity contribution in [3.05, 3.63) is 51.8 Å². The number of hydrogen-bond acceptors (Lipinski definition) is 5. The lowest BCUT2D eigenvalue weighted by atomic mass is 9.92. The van der Waals surface area contributed by atoms with Crippen LogP contribution in [0.2, 0.25) is 0 Å². The molecule has 0 spiro atoms. The van der Waals surface area contributed by atoms with Crippen molar-refractivity contribution in [2.45, 2.75) is 25.3 Å². The third-order valence-corrected chi connectivity index (χ3v) is 3.87. The van der Waals surface area contributed by atoms with Gasteiger partial charge in [-0.3, -0.25) is 10.1 Å². The average molecular weight is 284 g/mol. The Balaban J connectivity index is 2.07. The van der Waals surface area contributed by atoms with Gasteiger partial charge in [0.15, 0.2) is 5.82 Å². The Labute approximate surface area is 122 Å². The number of aromatic nitrogens is 2. The van der Waals surface area contributed by atoms with Crippen LogP contribution in [0.25, 0.3) is 11.4 Å². The molecule has 1 aromatic heterocycles. The number of nitro groups is 1. The van der Waals surface area contributed by atoms with Gasteiger partial charge in [0.25, 0.3) is 5.69 Å². The summed E-state index contributed by atoms with van der Waals surface area (Å²) in [6.45, 7) is 0. The molecular formula is C15H16N4O2. The lowest BCUT2D eigenvalue weighted by Gasteiger charge is -2.24. The summed E-state index contributed by atoms with van der Waals surface area (Å²) >= 11 is 0. The van der Waals surface area contributed by atoms with Crippen molar-refractivity contribution in [1.82, 2.24) is 15.3 Å². The topological polar surface area (TPSA) is 81.0 Å². The minimum absolute atomic E-state index is 0.0402. The minimum Gasteiger partial charge on any atom is -0.313 e. The summed E-state index contributed by atoms with van der Waals surface area (Å²) in [6.07, 6.45) is 4.82. The summed E-state index contributed by atoms with van der Waals surface area (Å²) in [5.74, 6) is 0.429. The van der Waals surface area contributed by atoms with Crippen LogP contribution in [-0.2, 0) is 6.42 Å². The first-order chi connectivity index (χ1) is 10.2. The van der Waals surface area contributed by atoms with Crippen LogP contribution in [0.5, 0.6) is 0 Å². The predicted molar refractivity (Wildman–Crippen MR) is 78.9 cm³/mol. The molecule has 21 heavy (non-hydrogen) atoms. The average Bonchev–Trinajstić information content (AvgIpc) is 2.53. The van der Waals surface area contributed by atoms with E-state index in [9.17, 15) is 10.1 Å². The number of aryl methyl sites for hydroxylation is 1. The molecule has 6 nitrogen and oxygen atoms in total. The van der Waals surface area contributed by atoms with Gasteiger partial charge in [0.1, 0.15) is 0 Å². The molecule has 0 radical (unpaired) electrons. The van der Waals surface area contributed by atoms with Crippen LogP contribution in [0.1, 0.15) is 30.1 Å². The molecule has 1 N–H and O–H groups in total. The lowest BCUT2D eigenvalue weighted by molar-refractivity contribution is -0.384. The fourth-order valence-electron chi connectivity index (χ4n) is 2.80. The fourth-order valence-corrected chi connectivity index (χ4v) is 2.80. The number of nitrogens with one attached hydrogen (secondary N) is 1. The van der Waals surface area contributed by atoms with Crippen molar-refractivity contribution in [2.24, 2.45) is 0 Å². The molecule has 2 aromatic rings. The predicted octanol–water partition coefficient (Wildman–Crippen LogP) is 2.65. The van der Waals surface area contributed by atoms with E-state index in [1.54, 1.807) is 24.4 Å². The number of para-hydroxylation sites is 1. The zero-order chi connectivity index (χ0) is 14.8. The Kier molecular flexibility index (Phi) is 3.62. The molecule has 0 saturated heterocycles. The molecule has 1 heterocycles. The molecule has 1 unspecified atom stereocenters. The Bertz CT molecular complexity index is 687. The summed E-state index contributed by atoms with van der Waals surface area (Å²) in [5, 5.41) is 14.4. The number of benzene rings is 1. The Hall–Kier alpha value is -2.34.